The van der Waals surface area contributed by atoms with Gasteiger partial charge >= 0.3 is 0 Å². The Hall–Kier alpha value is -1.52. The van der Waals surface area contributed by atoms with Crippen molar-refractivity contribution in [2.45, 2.75) is 4.90 Å². The molecule has 2 aromatic rings. The van der Waals surface area contributed by atoms with E-state index >= 15 is 0 Å². The SMILES string of the molecule is CSc1ccc(N/C=C/C(=O)c2ccc(Br)cc2)cc1. The summed E-state index contributed by atoms with van der Waals surface area (Å²) in [6.45, 7) is 0. The van der Waals surface area contributed by atoms with Gasteiger partial charge in [0.2, 0.25) is 0 Å². The Morgan fingerprint density at radius 2 is 1.75 bits per heavy atom. The molecule has 0 radical (unpaired) electrons. The summed E-state index contributed by atoms with van der Waals surface area (Å²) in [6.07, 6.45) is 5.24. The number of carbonyl (C=O) groups excluding carboxylic acids is 1. The molecular weight excluding hydrogens is 334 g/mol. The van der Waals surface area contributed by atoms with Crippen LogP contribution >= 0.6 is 27.7 Å². The van der Waals surface area contributed by atoms with E-state index in [4.69, 9.17) is 0 Å². The molecular formula is C16H14BrNOS. The highest BCUT2D eigenvalue weighted by Crippen LogP contribution is 2.17. The van der Waals surface area contributed by atoms with Crippen LogP contribution < -0.4 is 5.32 Å². The fourth-order valence-electron chi connectivity index (χ4n) is 1.61. The second-order valence-electron chi connectivity index (χ2n) is 4.08. The topological polar surface area (TPSA) is 29.1 Å². The number of carbonyl (C=O) groups is 1. The predicted octanol–water partition coefficient (Wildman–Crippen LogP) is 4.98. The highest BCUT2D eigenvalue weighted by Gasteiger charge is 2.00. The smallest absolute Gasteiger partial charge is 0.187 e. The molecule has 0 heterocycles. The summed E-state index contributed by atoms with van der Waals surface area (Å²) >= 11 is 5.05. The Labute approximate surface area is 131 Å². The van der Waals surface area contributed by atoms with E-state index in [1.807, 2.05) is 42.7 Å². The number of allylic oxidation sites excluding steroid dienone is 1. The van der Waals surface area contributed by atoms with Crippen LogP contribution in [0.4, 0.5) is 5.69 Å². The molecule has 4 heteroatoms. The standard InChI is InChI=1S/C16H14BrNOS/c1-20-15-8-6-14(7-9-15)18-11-10-16(19)12-2-4-13(17)5-3-12/h2-11,18H,1H3/b11-10+. The van der Waals surface area contributed by atoms with Gasteiger partial charge in [-0.15, -0.1) is 11.8 Å². The van der Waals surface area contributed by atoms with Crippen molar-refractivity contribution < 1.29 is 4.79 Å². The van der Waals surface area contributed by atoms with Gasteiger partial charge in [-0.2, -0.15) is 0 Å². The molecule has 0 saturated heterocycles. The van der Waals surface area contributed by atoms with E-state index in [9.17, 15) is 4.79 Å². The van der Waals surface area contributed by atoms with Crippen molar-refractivity contribution in [3.8, 4) is 0 Å². The van der Waals surface area contributed by atoms with E-state index in [1.54, 1.807) is 30.1 Å². The van der Waals surface area contributed by atoms with Gasteiger partial charge in [0.25, 0.3) is 0 Å². The molecule has 20 heavy (non-hydrogen) atoms. The third-order valence-electron chi connectivity index (χ3n) is 2.70. The lowest BCUT2D eigenvalue weighted by atomic mass is 10.1. The van der Waals surface area contributed by atoms with Crippen molar-refractivity contribution in [1.29, 1.82) is 0 Å². The van der Waals surface area contributed by atoms with E-state index in [2.05, 4.69) is 21.2 Å². The number of nitrogens with one attached hydrogen (secondary N) is 1. The summed E-state index contributed by atoms with van der Waals surface area (Å²) < 4.78 is 0.963. The number of benzene rings is 2. The van der Waals surface area contributed by atoms with Gasteiger partial charge in [-0.05, 0) is 54.8 Å². The van der Waals surface area contributed by atoms with Gasteiger partial charge < -0.3 is 5.32 Å². The van der Waals surface area contributed by atoms with Gasteiger partial charge in [-0.3, -0.25) is 4.79 Å². The van der Waals surface area contributed by atoms with E-state index in [0.717, 1.165) is 10.2 Å². The van der Waals surface area contributed by atoms with Gasteiger partial charge in [0.1, 0.15) is 0 Å². The lowest BCUT2D eigenvalue weighted by Gasteiger charge is -2.01. The first-order chi connectivity index (χ1) is 9.69. The van der Waals surface area contributed by atoms with Crippen LogP contribution in [0.2, 0.25) is 0 Å². The van der Waals surface area contributed by atoms with E-state index in [1.165, 1.54) is 11.0 Å². The highest BCUT2D eigenvalue weighted by molar-refractivity contribution is 9.10. The predicted molar refractivity (Wildman–Crippen MR) is 89.5 cm³/mol. The molecule has 2 rings (SSSR count). The first kappa shape index (κ1) is 14.9. The molecule has 0 bridgehead atoms. The monoisotopic (exact) mass is 347 g/mol. The Morgan fingerprint density at radius 1 is 1.10 bits per heavy atom. The quantitative estimate of drug-likeness (QED) is 0.469. The Kier molecular flexibility index (Phi) is 5.44. The summed E-state index contributed by atoms with van der Waals surface area (Å²) in [4.78, 5) is 13.1. The van der Waals surface area contributed by atoms with Gasteiger partial charge in [-0.1, -0.05) is 15.9 Å². The fourth-order valence-corrected chi connectivity index (χ4v) is 2.28. The van der Waals surface area contributed by atoms with Crippen LogP contribution in [0.15, 0.2) is 70.2 Å². The maximum Gasteiger partial charge on any atom is 0.187 e. The number of hydrogen-bond acceptors (Lipinski definition) is 3. The third kappa shape index (κ3) is 4.25. The fraction of sp³-hybridized carbons (Fsp3) is 0.0625. The molecule has 0 amide bonds. The second-order valence-corrected chi connectivity index (χ2v) is 5.87. The molecule has 2 aromatic carbocycles. The van der Waals surface area contributed by atoms with Crippen molar-refractivity contribution in [2.75, 3.05) is 11.6 Å². The van der Waals surface area contributed by atoms with Crippen LogP contribution in [0, 0.1) is 0 Å². The molecule has 0 spiro atoms. The zero-order valence-corrected chi connectivity index (χ0v) is 13.4. The van der Waals surface area contributed by atoms with Crippen LogP contribution in [0.5, 0.6) is 0 Å². The number of thioether (sulfide) groups is 1. The number of rotatable bonds is 5. The molecule has 0 aliphatic heterocycles. The summed E-state index contributed by atoms with van der Waals surface area (Å²) in [5.74, 6) is -0.0225. The molecule has 0 fully saturated rings. The number of ketones is 1. The largest absolute Gasteiger partial charge is 0.362 e. The van der Waals surface area contributed by atoms with Crippen LogP contribution in [0.3, 0.4) is 0 Å². The average Bonchev–Trinajstić information content (AvgIpc) is 2.48. The Balaban J connectivity index is 1.95. The molecule has 0 aromatic heterocycles. The Morgan fingerprint density at radius 3 is 2.35 bits per heavy atom. The molecule has 102 valence electrons. The summed E-state index contributed by atoms with van der Waals surface area (Å²) in [5, 5.41) is 3.09. The highest BCUT2D eigenvalue weighted by atomic mass is 79.9. The van der Waals surface area contributed by atoms with Crippen molar-refractivity contribution in [1.82, 2.24) is 0 Å². The number of halogens is 1. The van der Waals surface area contributed by atoms with Gasteiger partial charge in [0.15, 0.2) is 5.78 Å². The average molecular weight is 348 g/mol. The van der Waals surface area contributed by atoms with E-state index in [0.29, 0.717) is 5.56 Å². The molecule has 0 unspecified atom stereocenters. The maximum absolute atomic E-state index is 11.9. The van der Waals surface area contributed by atoms with Gasteiger partial charge in [-0.25, -0.2) is 0 Å². The van der Waals surface area contributed by atoms with Crippen molar-refractivity contribution >= 4 is 39.2 Å². The summed E-state index contributed by atoms with van der Waals surface area (Å²) in [7, 11) is 0. The van der Waals surface area contributed by atoms with Crippen LogP contribution in [-0.4, -0.2) is 12.0 Å². The van der Waals surface area contributed by atoms with E-state index in [-0.39, 0.29) is 5.78 Å². The number of anilines is 1. The van der Waals surface area contributed by atoms with Crippen LogP contribution in [0.25, 0.3) is 0 Å². The van der Waals surface area contributed by atoms with Crippen LogP contribution in [0.1, 0.15) is 10.4 Å². The molecule has 0 aliphatic carbocycles. The molecule has 1 N–H and O–H groups in total. The third-order valence-corrected chi connectivity index (χ3v) is 3.98. The van der Waals surface area contributed by atoms with Gasteiger partial charge in [0, 0.05) is 32.9 Å². The normalized spacial score (nSPS) is 10.7. The maximum atomic E-state index is 11.9. The van der Waals surface area contributed by atoms with Crippen LogP contribution in [-0.2, 0) is 0 Å². The second kappa shape index (κ2) is 7.31. The van der Waals surface area contributed by atoms with Crippen molar-refractivity contribution in [2.24, 2.45) is 0 Å². The number of hydrogen-bond donors (Lipinski definition) is 1. The van der Waals surface area contributed by atoms with Gasteiger partial charge in [0.05, 0.1) is 0 Å². The molecule has 0 saturated carbocycles. The van der Waals surface area contributed by atoms with Crippen molar-refractivity contribution in [3.63, 3.8) is 0 Å². The lowest BCUT2D eigenvalue weighted by Crippen LogP contribution is -1.95. The lowest BCUT2D eigenvalue weighted by molar-refractivity contribution is 0.104. The van der Waals surface area contributed by atoms with Crippen molar-refractivity contribution in [3.05, 3.63) is 70.8 Å². The molecule has 0 atom stereocenters. The minimum absolute atomic E-state index is 0.0225. The summed E-state index contributed by atoms with van der Waals surface area (Å²) in [6, 6.07) is 15.4. The molecule has 0 aliphatic rings. The minimum atomic E-state index is -0.0225. The Bertz CT molecular complexity index is 605. The molecule has 2 nitrogen and oxygen atoms in total. The zero-order valence-electron chi connectivity index (χ0n) is 11.0. The zero-order chi connectivity index (χ0) is 14.4. The summed E-state index contributed by atoms with van der Waals surface area (Å²) in [5.41, 5.74) is 1.63. The first-order valence-corrected chi connectivity index (χ1v) is 8.08. The first-order valence-electron chi connectivity index (χ1n) is 6.06. The van der Waals surface area contributed by atoms with E-state index < -0.39 is 0 Å². The minimum Gasteiger partial charge on any atom is -0.362 e.